The zero-order chi connectivity index (χ0) is 20.6. The van der Waals surface area contributed by atoms with E-state index < -0.39 is 6.23 Å². The van der Waals surface area contributed by atoms with Crippen LogP contribution in [0.25, 0.3) is 11.1 Å². The van der Waals surface area contributed by atoms with Gasteiger partial charge in [-0.2, -0.15) is 0 Å². The van der Waals surface area contributed by atoms with Crippen molar-refractivity contribution in [1.82, 2.24) is 0 Å². The second kappa shape index (κ2) is 10.4. The summed E-state index contributed by atoms with van der Waals surface area (Å²) in [5.74, 6) is 0.443. The van der Waals surface area contributed by atoms with Crippen molar-refractivity contribution < 1.29 is 14.9 Å². The molecule has 2 atom stereocenters. The van der Waals surface area contributed by atoms with Gasteiger partial charge in [0, 0.05) is 17.5 Å². The van der Waals surface area contributed by atoms with Gasteiger partial charge in [0.1, 0.15) is 18.6 Å². The largest absolute Gasteiger partial charge is 0.489 e. The van der Waals surface area contributed by atoms with Crippen LogP contribution in [0.1, 0.15) is 17.5 Å². The number of aliphatic hydroxyl groups is 2. The Labute approximate surface area is 176 Å². The van der Waals surface area contributed by atoms with Crippen LogP contribution in [0.15, 0.2) is 72.8 Å². The number of nitrogens with two attached hydrogens (primary N) is 1. The first-order valence-electron chi connectivity index (χ1n) is 9.67. The molecule has 0 amide bonds. The van der Waals surface area contributed by atoms with Crippen LogP contribution in [-0.2, 0) is 13.0 Å². The summed E-state index contributed by atoms with van der Waals surface area (Å²) in [6.07, 6.45) is 0.172. The number of halogens is 1. The highest BCUT2D eigenvalue weighted by Crippen LogP contribution is 2.29. The molecule has 0 saturated heterocycles. The lowest BCUT2D eigenvalue weighted by molar-refractivity contribution is 0.0674. The Morgan fingerprint density at radius 2 is 1.69 bits per heavy atom. The summed E-state index contributed by atoms with van der Waals surface area (Å²) in [6, 6.07) is 23.9. The van der Waals surface area contributed by atoms with E-state index in [-0.39, 0.29) is 12.5 Å². The maximum atomic E-state index is 9.47. The van der Waals surface area contributed by atoms with Crippen molar-refractivity contribution in [2.45, 2.75) is 25.7 Å². The van der Waals surface area contributed by atoms with Gasteiger partial charge in [-0.1, -0.05) is 66.2 Å². The lowest BCUT2D eigenvalue weighted by atomic mass is 9.97. The summed E-state index contributed by atoms with van der Waals surface area (Å²) in [6.45, 7) is 0.367. The molecule has 3 aromatic rings. The number of benzene rings is 3. The van der Waals surface area contributed by atoms with Gasteiger partial charge in [0.05, 0.1) is 0 Å². The van der Waals surface area contributed by atoms with E-state index >= 15 is 0 Å². The molecule has 0 heterocycles. The smallest absolute Gasteiger partial charge is 0.120 e. The highest BCUT2D eigenvalue weighted by molar-refractivity contribution is 6.31. The molecule has 0 radical (unpaired) electrons. The lowest BCUT2D eigenvalue weighted by Crippen LogP contribution is -2.32. The highest BCUT2D eigenvalue weighted by Gasteiger charge is 2.15. The van der Waals surface area contributed by atoms with E-state index in [9.17, 15) is 10.2 Å². The fourth-order valence-corrected chi connectivity index (χ4v) is 3.42. The minimum Gasteiger partial charge on any atom is -0.489 e. The monoisotopic (exact) mass is 411 g/mol. The van der Waals surface area contributed by atoms with Gasteiger partial charge >= 0.3 is 0 Å². The first kappa shape index (κ1) is 21.3. The molecule has 0 spiro atoms. The second-order valence-electron chi connectivity index (χ2n) is 7.08. The molecule has 0 fully saturated rings. The molecular weight excluding hydrogens is 386 g/mol. The highest BCUT2D eigenvalue weighted by atomic mass is 35.5. The maximum Gasteiger partial charge on any atom is 0.120 e. The maximum absolute atomic E-state index is 9.47. The Balaban J connectivity index is 1.68. The second-order valence-corrected chi connectivity index (χ2v) is 7.49. The number of hydrogen-bond donors (Lipinski definition) is 3. The first-order chi connectivity index (χ1) is 14.1. The van der Waals surface area contributed by atoms with E-state index in [0.717, 1.165) is 28.0 Å². The van der Waals surface area contributed by atoms with E-state index in [1.807, 2.05) is 72.8 Å². The van der Waals surface area contributed by atoms with E-state index in [4.69, 9.17) is 22.1 Å². The van der Waals surface area contributed by atoms with Gasteiger partial charge in [-0.25, -0.2) is 0 Å². The summed E-state index contributed by atoms with van der Waals surface area (Å²) in [5.41, 5.74) is 9.58. The van der Waals surface area contributed by atoms with Crippen LogP contribution in [0.2, 0.25) is 5.02 Å². The molecule has 4 N–H and O–H groups in total. The fourth-order valence-electron chi connectivity index (χ4n) is 3.15. The fraction of sp³-hybridized carbons (Fsp3) is 0.250. The van der Waals surface area contributed by atoms with E-state index in [2.05, 4.69) is 0 Å². The van der Waals surface area contributed by atoms with Crippen LogP contribution < -0.4 is 10.5 Å². The van der Waals surface area contributed by atoms with Crippen molar-refractivity contribution in [1.29, 1.82) is 0 Å². The van der Waals surface area contributed by atoms with Crippen molar-refractivity contribution in [2.24, 2.45) is 11.7 Å². The summed E-state index contributed by atoms with van der Waals surface area (Å²) in [7, 11) is 0. The standard InChI is InChI=1S/C24H26ClNO3/c25-23-14-20(11-9-18(23)10-12-21(15-27)24(26)28)19-7-4-8-22(13-19)29-16-17-5-2-1-3-6-17/h1-9,11,13-14,21,24,27-28H,10,12,15-16,26H2. The zero-order valence-electron chi connectivity index (χ0n) is 16.2. The predicted molar refractivity (Wildman–Crippen MR) is 117 cm³/mol. The van der Waals surface area contributed by atoms with Gasteiger partial charge in [-0.15, -0.1) is 0 Å². The number of aliphatic hydroxyl groups excluding tert-OH is 2. The number of aryl methyl sites for hydroxylation is 1. The topological polar surface area (TPSA) is 75.7 Å². The third-order valence-electron chi connectivity index (χ3n) is 4.97. The molecule has 152 valence electrons. The lowest BCUT2D eigenvalue weighted by Gasteiger charge is -2.17. The molecule has 0 saturated carbocycles. The Morgan fingerprint density at radius 1 is 0.931 bits per heavy atom. The quantitative estimate of drug-likeness (QED) is 0.456. The number of ether oxygens (including phenoxy) is 1. The van der Waals surface area contributed by atoms with E-state index in [0.29, 0.717) is 24.5 Å². The molecule has 0 bridgehead atoms. The van der Waals surface area contributed by atoms with Crippen LogP contribution in [0.3, 0.4) is 0 Å². The van der Waals surface area contributed by atoms with Gasteiger partial charge in [0.25, 0.3) is 0 Å². The van der Waals surface area contributed by atoms with Crippen LogP contribution >= 0.6 is 11.6 Å². The Morgan fingerprint density at radius 3 is 2.38 bits per heavy atom. The van der Waals surface area contributed by atoms with Gasteiger partial charge < -0.3 is 20.7 Å². The minimum absolute atomic E-state index is 0.150. The Hall–Kier alpha value is -2.37. The van der Waals surface area contributed by atoms with E-state index in [1.165, 1.54) is 0 Å². The van der Waals surface area contributed by atoms with Crippen molar-refractivity contribution in [3.05, 3.63) is 88.9 Å². The molecule has 5 heteroatoms. The summed E-state index contributed by atoms with van der Waals surface area (Å²) in [5, 5.41) is 19.4. The van der Waals surface area contributed by atoms with Gasteiger partial charge in [-0.05, 0) is 53.3 Å². The van der Waals surface area contributed by atoms with Gasteiger partial charge in [0.2, 0.25) is 0 Å². The van der Waals surface area contributed by atoms with Crippen LogP contribution in [-0.4, -0.2) is 23.0 Å². The molecule has 0 aliphatic heterocycles. The minimum atomic E-state index is -1.03. The SMILES string of the molecule is NC(O)C(CO)CCc1ccc(-c2cccc(OCc3ccccc3)c2)cc1Cl. The van der Waals surface area contributed by atoms with Crippen molar-refractivity contribution in [3.8, 4) is 16.9 Å². The molecule has 3 aromatic carbocycles. The van der Waals surface area contributed by atoms with E-state index in [1.54, 1.807) is 0 Å². The molecule has 0 aliphatic rings. The third-order valence-corrected chi connectivity index (χ3v) is 5.32. The van der Waals surface area contributed by atoms with Crippen molar-refractivity contribution in [3.63, 3.8) is 0 Å². The number of rotatable bonds is 9. The van der Waals surface area contributed by atoms with Crippen molar-refractivity contribution in [2.75, 3.05) is 6.61 Å². The van der Waals surface area contributed by atoms with Crippen LogP contribution in [0, 0.1) is 5.92 Å². The summed E-state index contributed by atoms with van der Waals surface area (Å²) >= 11 is 6.48. The average Bonchev–Trinajstić information content (AvgIpc) is 2.74. The summed E-state index contributed by atoms with van der Waals surface area (Å²) in [4.78, 5) is 0. The Kier molecular flexibility index (Phi) is 7.67. The van der Waals surface area contributed by atoms with Gasteiger partial charge in [0.15, 0.2) is 0 Å². The molecule has 29 heavy (non-hydrogen) atoms. The predicted octanol–water partition coefficient (Wildman–Crippen LogP) is 4.40. The first-order valence-corrected chi connectivity index (χ1v) is 10.0. The van der Waals surface area contributed by atoms with Gasteiger partial charge in [-0.3, -0.25) is 0 Å². The number of hydrogen-bond acceptors (Lipinski definition) is 4. The van der Waals surface area contributed by atoms with Crippen LogP contribution in [0.4, 0.5) is 0 Å². The molecule has 0 aromatic heterocycles. The molecular formula is C24H26ClNO3. The molecule has 0 aliphatic carbocycles. The normalized spacial score (nSPS) is 13.1. The molecule has 2 unspecified atom stereocenters. The Bertz CT molecular complexity index is 915. The zero-order valence-corrected chi connectivity index (χ0v) is 16.9. The molecule has 3 rings (SSSR count). The van der Waals surface area contributed by atoms with Crippen LogP contribution in [0.5, 0.6) is 5.75 Å². The molecule has 4 nitrogen and oxygen atoms in total. The third kappa shape index (κ3) is 6.05. The average molecular weight is 412 g/mol. The van der Waals surface area contributed by atoms with Crippen molar-refractivity contribution >= 4 is 11.6 Å². The summed E-state index contributed by atoms with van der Waals surface area (Å²) < 4.78 is 5.92.